The van der Waals surface area contributed by atoms with Crippen LogP contribution in [0.3, 0.4) is 0 Å². The number of halogens is 5. The van der Waals surface area contributed by atoms with Crippen LogP contribution in [-0.4, -0.2) is 22.8 Å². The lowest BCUT2D eigenvalue weighted by Crippen LogP contribution is -2.26. The third kappa shape index (κ3) is 4.15. The molecule has 5 nitrogen and oxygen atoms in total. The molecule has 0 spiro atoms. The van der Waals surface area contributed by atoms with Crippen LogP contribution in [0.2, 0.25) is 0 Å². The number of hydrogen-bond donors (Lipinski definition) is 1. The van der Waals surface area contributed by atoms with E-state index in [4.69, 9.17) is 10.5 Å². The Morgan fingerprint density at radius 1 is 1.06 bits per heavy atom. The smallest absolute Gasteiger partial charge is 0.310 e. The van der Waals surface area contributed by atoms with Crippen LogP contribution in [0.15, 0.2) is 47.4 Å². The number of amides is 1. The fourth-order valence-corrected chi connectivity index (χ4v) is 4.17. The Labute approximate surface area is 174 Å². The van der Waals surface area contributed by atoms with Crippen molar-refractivity contribution in [3.63, 3.8) is 0 Å². The minimum absolute atomic E-state index is 0.0569. The van der Waals surface area contributed by atoms with E-state index in [0.29, 0.717) is 42.2 Å². The van der Waals surface area contributed by atoms with E-state index >= 15 is 0 Å². The van der Waals surface area contributed by atoms with E-state index in [-0.39, 0.29) is 18.0 Å². The SMILES string of the molecule is CN(Cc1ccc(S(F)(F)(F)(F)F)cc1)C(=O)c1ccc2nc(N)c3c(c2c1)COC3. The summed E-state index contributed by atoms with van der Waals surface area (Å²) in [5.74, 6) is -0.00519. The Balaban J connectivity index is 1.58. The lowest BCUT2D eigenvalue weighted by molar-refractivity contribution is 0.0785. The first-order valence-corrected chi connectivity index (χ1v) is 11.1. The minimum atomic E-state index is -9.72. The molecule has 4 rings (SSSR count). The number of fused-ring (bicyclic) bond motifs is 3. The van der Waals surface area contributed by atoms with Crippen LogP contribution in [0.5, 0.6) is 0 Å². The van der Waals surface area contributed by atoms with Gasteiger partial charge >= 0.3 is 10.2 Å². The van der Waals surface area contributed by atoms with Gasteiger partial charge in [-0.25, -0.2) is 4.98 Å². The molecule has 0 atom stereocenters. The first-order chi connectivity index (χ1) is 14.2. The molecule has 2 heterocycles. The zero-order valence-electron chi connectivity index (χ0n) is 16.2. The summed E-state index contributed by atoms with van der Waals surface area (Å²) in [6, 6.07) is 7.46. The molecule has 11 heteroatoms. The molecule has 0 radical (unpaired) electrons. The Bertz CT molecular complexity index is 1210. The highest BCUT2D eigenvalue weighted by atomic mass is 32.5. The summed E-state index contributed by atoms with van der Waals surface area (Å²) in [7, 11) is -8.25. The van der Waals surface area contributed by atoms with Crippen molar-refractivity contribution in [2.45, 2.75) is 24.7 Å². The van der Waals surface area contributed by atoms with Gasteiger partial charge in [0.2, 0.25) is 0 Å². The third-order valence-corrected chi connectivity index (χ3v) is 6.27. The van der Waals surface area contributed by atoms with Crippen molar-refractivity contribution in [3.05, 3.63) is 64.7 Å². The predicted molar refractivity (Wildman–Crippen MR) is 108 cm³/mol. The van der Waals surface area contributed by atoms with Gasteiger partial charge in [0.05, 0.1) is 18.7 Å². The molecule has 0 unspecified atom stereocenters. The molecule has 2 aromatic carbocycles. The second-order valence-corrected chi connectivity index (χ2v) is 9.86. The number of rotatable bonds is 4. The molecular weight excluding hydrogens is 441 g/mol. The molecule has 1 aromatic heterocycles. The van der Waals surface area contributed by atoms with E-state index in [0.717, 1.165) is 28.6 Å². The van der Waals surface area contributed by atoms with Crippen molar-refractivity contribution in [2.75, 3.05) is 12.8 Å². The first kappa shape index (κ1) is 21.3. The van der Waals surface area contributed by atoms with Crippen molar-refractivity contribution in [3.8, 4) is 0 Å². The zero-order chi connectivity index (χ0) is 22.7. The molecule has 1 aliphatic rings. The standard InChI is InChI=1S/C20H18F5N3O2S/c1-28(9-12-2-5-14(6-3-12)31(21,22,23,24)25)20(29)13-4-7-18-15(8-13)16-10-30-11-17(16)19(26)27-18/h2-8H,9-11H2,1H3,(H2,26,27). The summed E-state index contributed by atoms with van der Waals surface area (Å²) >= 11 is 0. The lowest BCUT2D eigenvalue weighted by Gasteiger charge is -2.40. The predicted octanol–water partition coefficient (Wildman–Crippen LogP) is 5.78. The number of ether oxygens (including phenoxy) is 1. The molecule has 0 saturated heterocycles. The van der Waals surface area contributed by atoms with E-state index < -0.39 is 15.1 Å². The van der Waals surface area contributed by atoms with Crippen LogP contribution < -0.4 is 5.73 Å². The van der Waals surface area contributed by atoms with Crippen LogP contribution in [0.1, 0.15) is 27.0 Å². The second-order valence-electron chi connectivity index (χ2n) is 7.45. The number of carbonyl (C=O) groups excluding carboxylic acids is 1. The number of nitrogen functional groups attached to an aromatic ring is 1. The van der Waals surface area contributed by atoms with Crippen LogP contribution in [0.25, 0.3) is 10.9 Å². The maximum atomic E-state index is 12.9. The number of anilines is 1. The van der Waals surface area contributed by atoms with Gasteiger partial charge < -0.3 is 15.4 Å². The van der Waals surface area contributed by atoms with Gasteiger partial charge in [-0.2, -0.15) is 0 Å². The van der Waals surface area contributed by atoms with Gasteiger partial charge in [-0.15, -0.1) is 0 Å². The number of nitrogens with two attached hydrogens (primary N) is 1. The van der Waals surface area contributed by atoms with Gasteiger partial charge in [-0.1, -0.05) is 31.6 Å². The molecular formula is C20H18F5N3O2S. The molecule has 0 fully saturated rings. The highest BCUT2D eigenvalue weighted by Crippen LogP contribution is 3.02. The highest BCUT2D eigenvalue weighted by Gasteiger charge is 2.65. The number of nitrogens with zero attached hydrogens (tertiary/aromatic N) is 2. The van der Waals surface area contributed by atoms with E-state index in [1.54, 1.807) is 18.2 Å². The van der Waals surface area contributed by atoms with Crippen LogP contribution >= 0.6 is 10.2 Å². The van der Waals surface area contributed by atoms with E-state index in [1.807, 2.05) is 0 Å². The molecule has 166 valence electrons. The molecule has 3 aromatic rings. The van der Waals surface area contributed by atoms with Gasteiger partial charge in [0.25, 0.3) is 5.91 Å². The quantitative estimate of drug-likeness (QED) is 0.503. The van der Waals surface area contributed by atoms with E-state index in [9.17, 15) is 24.2 Å². The number of carbonyl (C=O) groups is 1. The highest BCUT2D eigenvalue weighted by molar-refractivity contribution is 8.45. The molecule has 2 N–H and O–H groups in total. The van der Waals surface area contributed by atoms with Crippen LogP contribution in [0.4, 0.5) is 25.2 Å². The molecule has 1 aliphatic heterocycles. The van der Waals surface area contributed by atoms with Crippen molar-refractivity contribution in [2.24, 2.45) is 0 Å². The maximum absolute atomic E-state index is 12.9. The summed E-state index contributed by atoms with van der Waals surface area (Å²) in [5.41, 5.74) is 8.84. The summed E-state index contributed by atoms with van der Waals surface area (Å²) in [6.07, 6.45) is 0. The van der Waals surface area contributed by atoms with Gasteiger partial charge in [0, 0.05) is 30.1 Å². The summed E-state index contributed by atoms with van der Waals surface area (Å²) < 4.78 is 69.7. The molecule has 1 amide bonds. The number of benzene rings is 2. The molecule has 0 aliphatic carbocycles. The fourth-order valence-electron chi connectivity index (χ4n) is 3.52. The zero-order valence-corrected chi connectivity index (χ0v) is 17.1. The topological polar surface area (TPSA) is 68.5 Å². The van der Waals surface area contributed by atoms with Crippen LogP contribution in [0, 0.1) is 0 Å². The number of pyridine rings is 1. The monoisotopic (exact) mass is 459 g/mol. The first-order valence-electron chi connectivity index (χ1n) is 9.10. The largest absolute Gasteiger partial charge is 0.383 e. The van der Waals surface area contributed by atoms with Crippen molar-refractivity contribution in [1.29, 1.82) is 0 Å². The molecule has 0 bridgehead atoms. The van der Waals surface area contributed by atoms with Gasteiger partial charge in [0.15, 0.2) is 0 Å². The number of aromatic nitrogens is 1. The Hall–Kier alpha value is -2.92. The van der Waals surface area contributed by atoms with Gasteiger partial charge in [-0.3, -0.25) is 4.79 Å². The Morgan fingerprint density at radius 3 is 2.35 bits per heavy atom. The van der Waals surface area contributed by atoms with Crippen molar-refractivity contribution in [1.82, 2.24) is 9.88 Å². The molecule has 31 heavy (non-hydrogen) atoms. The van der Waals surface area contributed by atoms with E-state index in [2.05, 4.69) is 4.98 Å². The minimum Gasteiger partial charge on any atom is -0.383 e. The average molecular weight is 459 g/mol. The Kier molecular flexibility index (Phi) is 4.33. The summed E-state index contributed by atoms with van der Waals surface area (Å²) in [6.45, 7) is 0.639. The summed E-state index contributed by atoms with van der Waals surface area (Å²) in [5, 5.41) is 0.737. The van der Waals surface area contributed by atoms with Crippen molar-refractivity contribution >= 4 is 32.9 Å². The van der Waals surface area contributed by atoms with Crippen LogP contribution in [-0.2, 0) is 24.5 Å². The third-order valence-electron chi connectivity index (χ3n) is 5.11. The van der Waals surface area contributed by atoms with Gasteiger partial charge in [0.1, 0.15) is 10.7 Å². The normalized spacial score (nSPS) is 15.9. The average Bonchev–Trinajstić information content (AvgIpc) is 3.17. The van der Waals surface area contributed by atoms with Crippen molar-refractivity contribution < 1.29 is 29.0 Å². The molecule has 0 saturated carbocycles. The Morgan fingerprint density at radius 2 is 1.71 bits per heavy atom. The van der Waals surface area contributed by atoms with Gasteiger partial charge in [-0.05, 0) is 41.5 Å². The second kappa shape index (κ2) is 6.30. The fraction of sp³-hybridized carbons (Fsp3) is 0.200. The maximum Gasteiger partial charge on any atom is 0.310 e. The lowest BCUT2D eigenvalue weighted by atomic mass is 10.0. The number of hydrogen-bond acceptors (Lipinski definition) is 4. The van der Waals surface area contributed by atoms with E-state index in [1.165, 1.54) is 11.9 Å². The summed E-state index contributed by atoms with van der Waals surface area (Å²) in [4.78, 5) is 16.5.